The smallest absolute Gasteiger partial charge is 0.350 e. The molecule has 1 heterocycles. The molecule has 0 aromatic heterocycles. The van der Waals surface area contributed by atoms with Gasteiger partial charge in [-0.3, -0.25) is 0 Å². The first kappa shape index (κ1) is 23.4. The Balaban J connectivity index is 3.32. The second-order valence-electron chi connectivity index (χ2n) is 9.71. The summed E-state index contributed by atoms with van der Waals surface area (Å²) in [6, 6.07) is 0. The second-order valence-corrected chi connectivity index (χ2v) is 14.5. The summed E-state index contributed by atoms with van der Waals surface area (Å²) in [5.41, 5.74) is 6.12. The third kappa shape index (κ3) is 5.69. The predicted octanol–water partition coefficient (Wildman–Crippen LogP) is 7.46. The van der Waals surface area contributed by atoms with Gasteiger partial charge in [-0.2, -0.15) is 0 Å². The summed E-state index contributed by atoms with van der Waals surface area (Å²) in [4.78, 5) is 0. The van der Waals surface area contributed by atoms with Gasteiger partial charge in [0.05, 0.1) is 12.7 Å². The van der Waals surface area contributed by atoms with Crippen molar-refractivity contribution in [1.82, 2.24) is 0 Å². The van der Waals surface area contributed by atoms with Crippen LogP contribution in [0.3, 0.4) is 0 Å². The average Bonchev–Trinajstić information content (AvgIpc) is 2.49. The minimum Gasteiger partial charge on any atom is -0.389 e. The summed E-state index contributed by atoms with van der Waals surface area (Å²) in [7, 11) is -2.54. The molecule has 0 aliphatic carbocycles. The molecule has 0 aromatic rings. The molecule has 1 aliphatic heterocycles. The Hall–Kier alpha value is -0.603. The van der Waals surface area contributed by atoms with Crippen LogP contribution in [0.15, 0.2) is 29.0 Å². The van der Waals surface area contributed by atoms with Gasteiger partial charge in [0.15, 0.2) is 0 Å². The van der Waals surface area contributed by atoms with Crippen LogP contribution < -0.4 is 0 Å². The lowest BCUT2D eigenvalue weighted by Gasteiger charge is -2.50. The molecule has 150 valence electrons. The van der Waals surface area contributed by atoms with Crippen molar-refractivity contribution in [3.05, 3.63) is 29.0 Å². The molecule has 0 radical (unpaired) electrons. The molecule has 1 atom stereocenters. The van der Waals surface area contributed by atoms with E-state index in [9.17, 15) is 0 Å². The zero-order valence-corrected chi connectivity index (χ0v) is 19.8. The molecule has 26 heavy (non-hydrogen) atoms. The maximum atomic E-state index is 6.98. The molecular formula is C23H42O2Si. The van der Waals surface area contributed by atoms with Crippen LogP contribution in [-0.4, -0.2) is 21.3 Å². The van der Waals surface area contributed by atoms with E-state index in [1.165, 1.54) is 36.8 Å². The standard InChI is InChI=1S/C23H42O2Si/c1-10-12-13-14-16-20-17-19(3)18-24-26(22(4,5)6,23(7,8)9)25-21(20)15-11-2/h11,15,21H,10,12-14,16,18H2,1-9H3/b15-11+. The van der Waals surface area contributed by atoms with E-state index in [2.05, 4.69) is 80.2 Å². The topological polar surface area (TPSA) is 18.5 Å². The molecule has 2 nitrogen and oxygen atoms in total. The van der Waals surface area contributed by atoms with Crippen molar-refractivity contribution in [1.29, 1.82) is 0 Å². The van der Waals surface area contributed by atoms with Crippen molar-refractivity contribution in [3.8, 4) is 0 Å². The van der Waals surface area contributed by atoms with Crippen molar-refractivity contribution in [2.45, 2.75) is 111 Å². The van der Waals surface area contributed by atoms with Gasteiger partial charge >= 0.3 is 8.56 Å². The fourth-order valence-electron chi connectivity index (χ4n) is 4.06. The van der Waals surface area contributed by atoms with Gasteiger partial charge in [-0.05, 0) is 32.3 Å². The highest BCUT2D eigenvalue weighted by Gasteiger charge is 2.59. The Morgan fingerprint density at radius 2 is 1.69 bits per heavy atom. The molecule has 0 spiro atoms. The zero-order chi connectivity index (χ0) is 20.0. The number of allylic oxidation sites excluding steroid dienone is 1. The molecule has 0 saturated heterocycles. The summed E-state index contributed by atoms with van der Waals surface area (Å²) in [6.07, 6.45) is 10.4. The first-order valence-electron chi connectivity index (χ1n) is 10.4. The Bertz CT molecular complexity index is 526. The second kappa shape index (κ2) is 9.55. The van der Waals surface area contributed by atoms with E-state index in [1.807, 2.05) is 0 Å². The van der Waals surface area contributed by atoms with Crippen molar-refractivity contribution in [2.24, 2.45) is 0 Å². The van der Waals surface area contributed by atoms with Gasteiger partial charge in [0.2, 0.25) is 0 Å². The molecule has 3 heteroatoms. The van der Waals surface area contributed by atoms with Gasteiger partial charge in [0, 0.05) is 15.6 Å². The summed E-state index contributed by atoms with van der Waals surface area (Å²) < 4.78 is 13.6. The van der Waals surface area contributed by atoms with Crippen molar-refractivity contribution >= 4 is 8.56 Å². The molecular weight excluding hydrogens is 336 g/mol. The van der Waals surface area contributed by atoms with E-state index >= 15 is 0 Å². The highest BCUT2D eigenvalue weighted by atomic mass is 28.4. The highest BCUT2D eigenvalue weighted by molar-refractivity contribution is 6.73. The zero-order valence-electron chi connectivity index (χ0n) is 18.8. The average molecular weight is 379 g/mol. The van der Waals surface area contributed by atoms with E-state index < -0.39 is 8.56 Å². The van der Waals surface area contributed by atoms with Crippen molar-refractivity contribution < 1.29 is 8.85 Å². The minimum absolute atomic E-state index is 0.0178. The SMILES string of the molecule is C/C=C/C1O[Si](C(C)(C)C)(C(C)(C)C)OCC(C)=C=C1CCCCCC. The monoisotopic (exact) mass is 378 g/mol. The van der Waals surface area contributed by atoms with E-state index in [0.29, 0.717) is 6.61 Å². The molecule has 1 rings (SSSR count). The summed E-state index contributed by atoms with van der Waals surface area (Å²) >= 11 is 0. The molecule has 0 N–H and O–H groups in total. The van der Waals surface area contributed by atoms with Crippen LogP contribution >= 0.6 is 0 Å². The Morgan fingerprint density at radius 1 is 1.08 bits per heavy atom. The van der Waals surface area contributed by atoms with Gasteiger partial charge < -0.3 is 8.85 Å². The Labute approximate surface area is 164 Å². The predicted molar refractivity (Wildman–Crippen MR) is 116 cm³/mol. The van der Waals surface area contributed by atoms with Crippen LogP contribution in [0.1, 0.15) is 94.4 Å². The van der Waals surface area contributed by atoms with Gasteiger partial charge in [0.25, 0.3) is 0 Å². The third-order valence-electron chi connectivity index (χ3n) is 5.14. The summed E-state index contributed by atoms with van der Waals surface area (Å²) in [5.74, 6) is 0. The first-order chi connectivity index (χ1) is 12.0. The lowest BCUT2D eigenvalue weighted by molar-refractivity contribution is 0.116. The lowest BCUT2D eigenvalue weighted by Crippen LogP contribution is -2.59. The number of hydrogen-bond acceptors (Lipinski definition) is 2. The first-order valence-corrected chi connectivity index (χ1v) is 12.2. The van der Waals surface area contributed by atoms with Gasteiger partial charge in [-0.1, -0.05) is 79.9 Å². The molecule has 0 bridgehead atoms. The Kier molecular flexibility index (Phi) is 8.61. The maximum absolute atomic E-state index is 6.98. The van der Waals surface area contributed by atoms with Crippen LogP contribution in [0.2, 0.25) is 10.1 Å². The van der Waals surface area contributed by atoms with E-state index in [4.69, 9.17) is 8.85 Å². The maximum Gasteiger partial charge on any atom is 0.350 e. The van der Waals surface area contributed by atoms with Crippen LogP contribution in [0.4, 0.5) is 0 Å². The van der Waals surface area contributed by atoms with Crippen LogP contribution in [0.5, 0.6) is 0 Å². The number of hydrogen-bond donors (Lipinski definition) is 0. The van der Waals surface area contributed by atoms with E-state index in [-0.39, 0.29) is 16.2 Å². The summed E-state index contributed by atoms with van der Waals surface area (Å²) in [5, 5.41) is -0.0357. The Morgan fingerprint density at radius 3 is 2.19 bits per heavy atom. The van der Waals surface area contributed by atoms with E-state index in [1.54, 1.807) is 0 Å². The molecule has 0 saturated carbocycles. The van der Waals surface area contributed by atoms with Crippen LogP contribution in [0, 0.1) is 0 Å². The molecule has 1 aliphatic rings. The largest absolute Gasteiger partial charge is 0.389 e. The number of unbranched alkanes of at least 4 members (excludes halogenated alkanes) is 3. The highest BCUT2D eigenvalue weighted by Crippen LogP contribution is 2.53. The molecule has 0 amide bonds. The third-order valence-corrected chi connectivity index (χ3v) is 10.2. The van der Waals surface area contributed by atoms with E-state index in [0.717, 1.165) is 6.42 Å². The van der Waals surface area contributed by atoms with Crippen LogP contribution in [-0.2, 0) is 8.85 Å². The quantitative estimate of drug-likeness (QED) is 0.207. The molecule has 0 fully saturated rings. The van der Waals surface area contributed by atoms with Crippen LogP contribution in [0.25, 0.3) is 0 Å². The number of rotatable bonds is 6. The summed E-state index contributed by atoms with van der Waals surface area (Å²) in [6.45, 7) is 20.8. The van der Waals surface area contributed by atoms with Gasteiger partial charge in [-0.15, -0.1) is 5.73 Å². The molecule has 1 unspecified atom stereocenters. The van der Waals surface area contributed by atoms with Crippen molar-refractivity contribution in [3.63, 3.8) is 0 Å². The fourth-order valence-corrected chi connectivity index (χ4v) is 8.95. The van der Waals surface area contributed by atoms with Gasteiger partial charge in [0.1, 0.15) is 0 Å². The normalized spacial score (nSPS) is 22.0. The lowest BCUT2D eigenvalue weighted by atomic mass is 10.0. The fraction of sp³-hybridized carbons (Fsp3) is 0.783. The van der Waals surface area contributed by atoms with Gasteiger partial charge in [-0.25, -0.2) is 0 Å². The van der Waals surface area contributed by atoms with Crippen molar-refractivity contribution in [2.75, 3.05) is 6.61 Å². The molecule has 0 aromatic carbocycles. The minimum atomic E-state index is -2.54.